The molecule has 0 atom stereocenters. The van der Waals surface area contributed by atoms with Crippen molar-refractivity contribution in [2.24, 2.45) is 16.2 Å². The Balaban J connectivity index is 0.000000303. The molecule has 0 aliphatic carbocycles. The average molecular weight is 407 g/mol. The van der Waals surface area contributed by atoms with E-state index in [0.29, 0.717) is 5.92 Å². The monoisotopic (exact) mass is 406 g/mol. The summed E-state index contributed by atoms with van der Waals surface area (Å²) >= 11 is 0. The van der Waals surface area contributed by atoms with E-state index in [4.69, 9.17) is 10.4 Å². The van der Waals surface area contributed by atoms with Crippen molar-refractivity contribution in [1.29, 1.82) is 0 Å². The normalized spacial score (nSPS) is 12.4. The van der Waals surface area contributed by atoms with Gasteiger partial charge in [-0.25, -0.2) is 0 Å². The molecule has 30 heavy (non-hydrogen) atoms. The number of rotatable bonds is 9. The molecule has 0 bridgehead atoms. The van der Waals surface area contributed by atoms with E-state index in [1.807, 2.05) is 85.0 Å². The van der Waals surface area contributed by atoms with Gasteiger partial charge in [-0.15, -0.1) is 0 Å². The molecule has 2 aromatic carbocycles. The van der Waals surface area contributed by atoms with Crippen LogP contribution in [0.25, 0.3) is 12.2 Å². The van der Waals surface area contributed by atoms with Crippen LogP contribution in [0.1, 0.15) is 57.6 Å². The second-order valence-corrected chi connectivity index (χ2v) is 7.35. The highest BCUT2D eigenvalue weighted by molar-refractivity contribution is 5.98. The zero-order valence-corrected chi connectivity index (χ0v) is 18.3. The van der Waals surface area contributed by atoms with Crippen molar-refractivity contribution in [3.8, 4) is 0 Å². The van der Waals surface area contributed by atoms with E-state index in [1.54, 1.807) is 0 Å². The highest BCUT2D eigenvalue weighted by atomic mass is 16.4. The molecule has 0 heterocycles. The summed E-state index contributed by atoms with van der Waals surface area (Å²) in [5.74, 6) is 0.627. The van der Waals surface area contributed by atoms with Crippen LogP contribution in [-0.2, 0) is 0 Å². The first-order valence-corrected chi connectivity index (χ1v) is 10.5. The summed E-state index contributed by atoms with van der Waals surface area (Å²) in [6, 6.07) is 20.0. The first kappa shape index (κ1) is 24.9. The van der Waals surface area contributed by atoms with Crippen molar-refractivity contribution in [1.82, 2.24) is 0 Å². The minimum atomic E-state index is 0.627. The van der Waals surface area contributed by atoms with Crippen molar-refractivity contribution in [3.05, 3.63) is 83.9 Å². The predicted octanol–water partition coefficient (Wildman–Crippen LogP) is 7.30. The molecule has 160 valence electrons. The number of benzene rings is 2. The van der Waals surface area contributed by atoms with Gasteiger partial charge >= 0.3 is 0 Å². The predicted molar refractivity (Wildman–Crippen MR) is 128 cm³/mol. The number of hydrogen-bond acceptors (Lipinski definition) is 4. The lowest BCUT2D eigenvalue weighted by atomic mass is 10.0. The van der Waals surface area contributed by atoms with Crippen LogP contribution in [0.2, 0.25) is 0 Å². The van der Waals surface area contributed by atoms with Crippen molar-refractivity contribution >= 4 is 23.6 Å². The van der Waals surface area contributed by atoms with Crippen molar-refractivity contribution in [2.45, 2.75) is 46.5 Å². The van der Waals surface area contributed by atoms with Gasteiger partial charge in [0.2, 0.25) is 0 Å². The van der Waals surface area contributed by atoms with Gasteiger partial charge in [0.1, 0.15) is 0 Å². The van der Waals surface area contributed by atoms with Gasteiger partial charge in [0, 0.05) is 0 Å². The van der Waals surface area contributed by atoms with E-state index in [2.05, 4.69) is 31.1 Å². The summed E-state index contributed by atoms with van der Waals surface area (Å²) in [6.07, 6.45) is 11.3. The lowest BCUT2D eigenvalue weighted by molar-refractivity contribution is 0.317. The first-order chi connectivity index (χ1) is 14.6. The zero-order valence-electron chi connectivity index (χ0n) is 18.3. The van der Waals surface area contributed by atoms with Gasteiger partial charge in [0.15, 0.2) is 0 Å². The average Bonchev–Trinajstić information content (AvgIpc) is 2.78. The van der Waals surface area contributed by atoms with Gasteiger partial charge in [-0.05, 0) is 48.5 Å². The Morgan fingerprint density at radius 3 is 1.57 bits per heavy atom. The SMILES string of the molecule is CC(C)CCC(/C=C/c1ccccc1)=NO.CCCC(/C=C/c1ccccc1)=N\O. The summed E-state index contributed by atoms with van der Waals surface area (Å²) in [4.78, 5) is 0. The minimum Gasteiger partial charge on any atom is -0.411 e. The number of oxime groups is 2. The quantitative estimate of drug-likeness (QED) is 0.261. The van der Waals surface area contributed by atoms with Gasteiger partial charge in [-0.2, -0.15) is 0 Å². The third-order valence-corrected chi connectivity index (χ3v) is 4.28. The van der Waals surface area contributed by atoms with E-state index in [0.717, 1.165) is 48.2 Å². The van der Waals surface area contributed by atoms with Crippen LogP contribution in [0.15, 0.2) is 83.1 Å². The van der Waals surface area contributed by atoms with Crippen LogP contribution < -0.4 is 0 Å². The molecule has 0 fully saturated rings. The van der Waals surface area contributed by atoms with Gasteiger partial charge in [0.05, 0.1) is 11.4 Å². The van der Waals surface area contributed by atoms with Crippen LogP contribution >= 0.6 is 0 Å². The Labute approximate surface area is 181 Å². The van der Waals surface area contributed by atoms with Crippen LogP contribution in [0.4, 0.5) is 0 Å². The summed E-state index contributed by atoms with van der Waals surface area (Å²) in [5.41, 5.74) is 3.69. The van der Waals surface area contributed by atoms with E-state index in [9.17, 15) is 0 Å². The first-order valence-electron chi connectivity index (χ1n) is 10.5. The Bertz CT molecular complexity index is 807. The van der Waals surface area contributed by atoms with Crippen molar-refractivity contribution in [3.63, 3.8) is 0 Å². The molecule has 0 aliphatic heterocycles. The number of nitrogens with zero attached hydrogens (tertiary/aromatic N) is 2. The molecule has 0 aromatic heterocycles. The summed E-state index contributed by atoms with van der Waals surface area (Å²) in [5, 5.41) is 24.1. The third-order valence-electron chi connectivity index (χ3n) is 4.28. The van der Waals surface area contributed by atoms with Crippen LogP contribution in [0.5, 0.6) is 0 Å². The van der Waals surface area contributed by atoms with Gasteiger partial charge in [0.25, 0.3) is 0 Å². The van der Waals surface area contributed by atoms with E-state index in [1.165, 1.54) is 0 Å². The molecule has 0 amide bonds. The molecule has 2 rings (SSSR count). The second-order valence-electron chi connectivity index (χ2n) is 7.35. The number of hydrogen-bond donors (Lipinski definition) is 2. The summed E-state index contributed by atoms with van der Waals surface area (Å²) in [7, 11) is 0. The standard InChI is InChI=1S/C14H19NO.C12H15NO/c1-12(2)8-10-14(15-16)11-9-13-6-4-3-5-7-13;1-2-6-12(13-14)10-9-11-7-4-3-5-8-11/h3-7,9,11-12,16H,8,10H2,1-2H3;3-5,7-10,14H,2,6H2,1H3/b11-9+,15-14?;10-9+,13-12+. The highest BCUT2D eigenvalue weighted by Gasteiger charge is 1.99. The molecule has 2 N–H and O–H groups in total. The zero-order chi connectivity index (χ0) is 22.0. The van der Waals surface area contributed by atoms with Crippen molar-refractivity contribution in [2.75, 3.05) is 0 Å². The molecule has 0 spiro atoms. The lowest BCUT2D eigenvalue weighted by Gasteiger charge is -2.02. The molecule has 0 aliphatic rings. The molecule has 4 nitrogen and oxygen atoms in total. The smallest absolute Gasteiger partial charge is 0.0796 e. The molecular formula is C26H34N2O2. The Morgan fingerprint density at radius 1 is 0.767 bits per heavy atom. The van der Waals surface area contributed by atoms with E-state index >= 15 is 0 Å². The maximum atomic E-state index is 8.85. The molecule has 0 unspecified atom stereocenters. The number of allylic oxidation sites excluding steroid dienone is 2. The second kappa shape index (κ2) is 15.7. The molecule has 0 radical (unpaired) electrons. The van der Waals surface area contributed by atoms with Gasteiger partial charge < -0.3 is 10.4 Å². The highest BCUT2D eigenvalue weighted by Crippen LogP contribution is 2.07. The molecular weight excluding hydrogens is 372 g/mol. The van der Waals surface area contributed by atoms with E-state index in [-0.39, 0.29) is 0 Å². The third kappa shape index (κ3) is 11.6. The molecule has 4 heteroatoms. The Hall–Kier alpha value is -3.14. The largest absolute Gasteiger partial charge is 0.411 e. The molecule has 2 aromatic rings. The van der Waals surface area contributed by atoms with E-state index < -0.39 is 0 Å². The van der Waals surface area contributed by atoms with Gasteiger partial charge in [-0.1, -0.05) is 110 Å². The maximum absolute atomic E-state index is 8.85. The summed E-state index contributed by atoms with van der Waals surface area (Å²) < 4.78 is 0. The molecule has 0 saturated carbocycles. The fourth-order valence-electron chi connectivity index (χ4n) is 2.54. The minimum absolute atomic E-state index is 0.627. The molecule has 0 saturated heterocycles. The van der Waals surface area contributed by atoms with Crippen LogP contribution in [0.3, 0.4) is 0 Å². The Morgan fingerprint density at radius 2 is 1.20 bits per heavy atom. The Kier molecular flexibility index (Phi) is 13.1. The van der Waals surface area contributed by atoms with Gasteiger partial charge in [-0.3, -0.25) is 0 Å². The fourth-order valence-corrected chi connectivity index (χ4v) is 2.54. The topological polar surface area (TPSA) is 65.2 Å². The van der Waals surface area contributed by atoms with Crippen molar-refractivity contribution < 1.29 is 10.4 Å². The maximum Gasteiger partial charge on any atom is 0.0796 e. The van der Waals surface area contributed by atoms with Crippen LogP contribution in [0, 0.1) is 5.92 Å². The summed E-state index contributed by atoms with van der Waals surface area (Å²) in [6.45, 7) is 6.38. The lowest BCUT2D eigenvalue weighted by Crippen LogP contribution is -1.97. The fraction of sp³-hybridized carbons (Fsp3) is 0.308. The van der Waals surface area contributed by atoms with Crippen LogP contribution in [-0.4, -0.2) is 21.8 Å².